The normalized spacial score (nSPS) is 17.2. The Kier molecular flexibility index (Phi) is 5.43. The third-order valence-electron chi connectivity index (χ3n) is 6.10. The average Bonchev–Trinajstić information content (AvgIpc) is 3.25. The van der Waals surface area contributed by atoms with E-state index in [9.17, 15) is 4.79 Å². The van der Waals surface area contributed by atoms with E-state index in [2.05, 4.69) is 41.7 Å². The molecule has 0 saturated carbocycles. The minimum absolute atomic E-state index is 0.113. The highest BCUT2D eigenvalue weighted by molar-refractivity contribution is 5.96. The van der Waals surface area contributed by atoms with Gasteiger partial charge in [-0.3, -0.25) is 9.48 Å². The number of aryl methyl sites for hydroxylation is 3. The van der Waals surface area contributed by atoms with Crippen LogP contribution in [0, 0.1) is 13.8 Å². The molecule has 0 spiro atoms. The summed E-state index contributed by atoms with van der Waals surface area (Å²) >= 11 is 0. The van der Waals surface area contributed by atoms with Crippen molar-refractivity contribution in [1.29, 1.82) is 0 Å². The number of para-hydroxylation sites is 2. The molecule has 0 aliphatic carbocycles. The molecule has 0 radical (unpaired) electrons. The topological polar surface area (TPSA) is 56.0 Å². The summed E-state index contributed by atoms with van der Waals surface area (Å²) in [4.78, 5) is 20.4. The molecule has 1 aliphatic rings. The molecule has 2 aromatic heterocycles. The Morgan fingerprint density at radius 3 is 2.72 bits per heavy atom. The quantitative estimate of drug-likeness (QED) is 0.649. The van der Waals surface area contributed by atoms with Gasteiger partial charge in [0.15, 0.2) is 0 Å². The number of rotatable bonds is 5. The number of benzene rings is 1. The Bertz CT molecular complexity index is 1030. The van der Waals surface area contributed by atoms with Gasteiger partial charge in [-0.2, -0.15) is 5.10 Å². The number of piperidine rings is 1. The number of likely N-dealkylation sites (tertiary alicyclic amines) is 1. The van der Waals surface area contributed by atoms with E-state index >= 15 is 0 Å². The van der Waals surface area contributed by atoms with Crippen LogP contribution in [0.2, 0.25) is 0 Å². The third-order valence-corrected chi connectivity index (χ3v) is 6.10. The number of carbonyl (C=O) groups excluding carboxylic acids is 1. The van der Waals surface area contributed by atoms with Gasteiger partial charge in [0.2, 0.25) is 0 Å². The second kappa shape index (κ2) is 8.01. The first kappa shape index (κ1) is 19.7. The summed E-state index contributed by atoms with van der Waals surface area (Å²) in [6.07, 6.45) is 3.14. The Labute approximate surface area is 172 Å². The van der Waals surface area contributed by atoms with Crippen molar-refractivity contribution in [3.8, 4) is 0 Å². The van der Waals surface area contributed by atoms with E-state index in [1.807, 2.05) is 29.5 Å². The second-order valence-corrected chi connectivity index (χ2v) is 8.06. The fourth-order valence-corrected chi connectivity index (χ4v) is 4.71. The number of amides is 1. The van der Waals surface area contributed by atoms with Crippen molar-refractivity contribution in [2.45, 2.75) is 66.0 Å². The average molecular weight is 394 g/mol. The Hall–Kier alpha value is -2.63. The first-order chi connectivity index (χ1) is 14.0. The van der Waals surface area contributed by atoms with E-state index < -0.39 is 0 Å². The predicted octanol–water partition coefficient (Wildman–Crippen LogP) is 4.30. The van der Waals surface area contributed by atoms with Crippen LogP contribution >= 0.6 is 0 Å². The minimum Gasteiger partial charge on any atom is -0.338 e. The second-order valence-electron chi connectivity index (χ2n) is 8.06. The number of hydrogen-bond donors (Lipinski definition) is 0. The zero-order chi connectivity index (χ0) is 20.5. The van der Waals surface area contributed by atoms with Crippen molar-refractivity contribution in [2.24, 2.45) is 0 Å². The molecule has 3 heterocycles. The lowest BCUT2D eigenvalue weighted by Gasteiger charge is -2.33. The largest absolute Gasteiger partial charge is 0.338 e. The molecule has 6 nitrogen and oxygen atoms in total. The van der Waals surface area contributed by atoms with Crippen molar-refractivity contribution in [3.63, 3.8) is 0 Å². The van der Waals surface area contributed by atoms with E-state index in [0.717, 1.165) is 73.7 Å². The Morgan fingerprint density at radius 2 is 2.00 bits per heavy atom. The van der Waals surface area contributed by atoms with Crippen molar-refractivity contribution in [1.82, 2.24) is 24.2 Å². The molecule has 1 aromatic carbocycles. The van der Waals surface area contributed by atoms with Crippen molar-refractivity contribution in [3.05, 3.63) is 47.0 Å². The number of aromatic nitrogens is 4. The lowest BCUT2D eigenvalue weighted by atomic mass is 9.96. The van der Waals surface area contributed by atoms with E-state index in [0.29, 0.717) is 0 Å². The zero-order valence-electron chi connectivity index (χ0n) is 18.0. The standard InChI is InChI=1S/C23H31N5O/c1-5-13-27-20-12-8-7-11-19(20)24-22(27)18-10-9-14-26(15-18)23(29)21-16(3)25-28(6-2)17(21)4/h7-8,11-12,18H,5-6,9-10,13-15H2,1-4H3. The molecule has 154 valence electrons. The smallest absolute Gasteiger partial charge is 0.257 e. The van der Waals surface area contributed by atoms with Gasteiger partial charge in [-0.1, -0.05) is 19.1 Å². The van der Waals surface area contributed by atoms with Crippen LogP contribution < -0.4 is 0 Å². The summed E-state index contributed by atoms with van der Waals surface area (Å²) in [5, 5.41) is 4.54. The number of nitrogens with zero attached hydrogens (tertiary/aromatic N) is 5. The van der Waals surface area contributed by atoms with Crippen LogP contribution in [-0.2, 0) is 13.1 Å². The van der Waals surface area contributed by atoms with Gasteiger partial charge in [0.1, 0.15) is 5.82 Å². The highest BCUT2D eigenvalue weighted by Gasteiger charge is 2.31. The van der Waals surface area contributed by atoms with Gasteiger partial charge in [-0.05, 0) is 52.2 Å². The van der Waals surface area contributed by atoms with Crippen LogP contribution in [0.3, 0.4) is 0 Å². The summed E-state index contributed by atoms with van der Waals surface area (Å²) in [7, 11) is 0. The molecule has 1 aliphatic heterocycles. The predicted molar refractivity (Wildman–Crippen MR) is 115 cm³/mol. The van der Waals surface area contributed by atoms with Gasteiger partial charge >= 0.3 is 0 Å². The van der Waals surface area contributed by atoms with Crippen LogP contribution in [0.25, 0.3) is 11.0 Å². The third kappa shape index (κ3) is 3.45. The molecule has 3 aromatic rings. The lowest BCUT2D eigenvalue weighted by molar-refractivity contribution is 0.0702. The van der Waals surface area contributed by atoms with Crippen LogP contribution in [0.1, 0.15) is 66.6 Å². The molecule has 0 N–H and O–H groups in total. The van der Waals surface area contributed by atoms with Gasteiger partial charge in [0.25, 0.3) is 5.91 Å². The fraction of sp³-hybridized carbons (Fsp3) is 0.522. The maximum Gasteiger partial charge on any atom is 0.257 e. The van der Waals surface area contributed by atoms with Crippen molar-refractivity contribution >= 4 is 16.9 Å². The Balaban J connectivity index is 1.64. The van der Waals surface area contributed by atoms with Crippen LogP contribution in [0.15, 0.2) is 24.3 Å². The zero-order valence-corrected chi connectivity index (χ0v) is 18.0. The highest BCUT2D eigenvalue weighted by Crippen LogP contribution is 2.31. The van der Waals surface area contributed by atoms with Crippen LogP contribution in [0.4, 0.5) is 0 Å². The van der Waals surface area contributed by atoms with E-state index in [1.165, 1.54) is 5.52 Å². The minimum atomic E-state index is 0.113. The molecule has 0 bridgehead atoms. The number of hydrogen-bond acceptors (Lipinski definition) is 3. The molecule has 6 heteroatoms. The molecule has 1 saturated heterocycles. The summed E-state index contributed by atoms with van der Waals surface area (Å²) in [6.45, 7) is 11.5. The molecule has 4 rings (SSSR count). The molecule has 1 fully saturated rings. The monoisotopic (exact) mass is 393 g/mol. The van der Waals surface area contributed by atoms with Gasteiger partial charge in [0, 0.05) is 37.8 Å². The summed E-state index contributed by atoms with van der Waals surface area (Å²) in [5.41, 5.74) is 4.82. The highest BCUT2D eigenvalue weighted by atomic mass is 16.2. The maximum absolute atomic E-state index is 13.4. The van der Waals surface area contributed by atoms with Gasteiger partial charge < -0.3 is 9.47 Å². The number of carbonyl (C=O) groups is 1. The molecule has 1 atom stereocenters. The summed E-state index contributed by atoms with van der Waals surface area (Å²) in [6, 6.07) is 8.36. The van der Waals surface area contributed by atoms with Gasteiger partial charge in [-0.15, -0.1) is 0 Å². The molecular weight excluding hydrogens is 362 g/mol. The van der Waals surface area contributed by atoms with Crippen LogP contribution in [0.5, 0.6) is 0 Å². The molecule has 1 amide bonds. The first-order valence-electron chi connectivity index (χ1n) is 10.8. The van der Waals surface area contributed by atoms with Gasteiger partial charge in [-0.25, -0.2) is 4.98 Å². The van der Waals surface area contributed by atoms with Crippen molar-refractivity contribution in [2.75, 3.05) is 13.1 Å². The molecule has 29 heavy (non-hydrogen) atoms. The van der Waals surface area contributed by atoms with E-state index in [1.54, 1.807) is 0 Å². The molecular formula is C23H31N5O. The van der Waals surface area contributed by atoms with Crippen LogP contribution in [-0.4, -0.2) is 43.2 Å². The first-order valence-corrected chi connectivity index (χ1v) is 10.8. The fourth-order valence-electron chi connectivity index (χ4n) is 4.71. The lowest BCUT2D eigenvalue weighted by Crippen LogP contribution is -2.40. The number of imidazole rings is 1. The summed E-state index contributed by atoms with van der Waals surface area (Å²) in [5.74, 6) is 1.51. The van der Waals surface area contributed by atoms with E-state index in [4.69, 9.17) is 4.98 Å². The van der Waals surface area contributed by atoms with E-state index in [-0.39, 0.29) is 11.8 Å². The molecule has 1 unspecified atom stereocenters. The number of fused-ring (bicyclic) bond motifs is 1. The van der Waals surface area contributed by atoms with Crippen molar-refractivity contribution < 1.29 is 4.79 Å². The summed E-state index contributed by atoms with van der Waals surface area (Å²) < 4.78 is 4.28. The Morgan fingerprint density at radius 1 is 1.21 bits per heavy atom. The van der Waals surface area contributed by atoms with Gasteiger partial charge in [0.05, 0.1) is 22.3 Å². The SMILES string of the molecule is CCCn1c(C2CCCN(C(=O)c3c(C)nn(CC)c3C)C2)nc2ccccc21. The maximum atomic E-state index is 13.4.